The van der Waals surface area contributed by atoms with E-state index in [1.54, 1.807) is 13.1 Å². The number of benzene rings is 1. The number of carbonyl (C=O) groups is 1. The molecule has 20 heavy (non-hydrogen) atoms. The van der Waals surface area contributed by atoms with Crippen molar-refractivity contribution in [1.82, 2.24) is 9.78 Å². The van der Waals surface area contributed by atoms with Crippen LogP contribution in [0.1, 0.15) is 10.4 Å². The summed E-state index contributed by atoms with van der Waals surface area (Å²) in [5, 5.41) is 17.3. The number of carbonyl (C=O) groups excluding carboxylic acids is 1. The van der Waals surface area contributed by atoms with Gasteiger partial charge in [-0.15, -0.1) is 0 Å². The molecule has 0 unspecified atom stereocenters. The molecule has 104 valence electrons. The number of nitro benzene ring substituents is 1. The van der Waals surface area contributed by atoms with Crippen LogP contribution < -0.4 is 16.6 Å². The average Bonchev–Trinajstić information content (AvgIpc) is 2.83. The first-order valence-corrected chi connectivity index (χ1v) is 5.57. The Labute approximate surface area is 113 Å². The molecule has 4 N–H and O–H groups in total. The van der Waals surface area contributed by atoms with E-state index in [4.69, 9.17) is 5.84 Å². The topological polar surface area (TPSA) is 128 Å². The minimum absolute atomic E-state index is 0.0721. The molecular weight excluding hydrogens is 264 g/mol. The van der Waals surface area contributed by atoms with Gasteiger partial charge in [-0.2, -0.15) is 5.10 Å². The molecule has 0 spiro atoms. The van der Waals surface area contributed by atoms with Gasteiger partial charge in [-0.3, -0.25) is 25.4 Å². The fraction of sp³-hybridized carbons (Fsp3) is 0.0909. The highest BCUT2D eigenvalue weighted by Crippen LogP contribution is 2.22. The summed E-state index contributed by atoms with van der Waals surface area (Å²) in [6.07, 6.45) is 1.52. The molecular formula is C11H12N6O3. The Bertz CT molecular complexity index is 666. The standard InChI is InChI=1S/C11H12N6O3/c1-16-10(4-5-13-16)14-11(18)8-6-7(17(19)20)2-3-9(8)15-12/h2-6,15H,12H2,1H3,(H,14,18). The predicted molar refractivity (Wildman–Crippen MR) is 72.1 cm³/mol. The summed E-state index contributed by atoms with van der Waals surface area (Å²) in [6.45, 7) is 0. The molecule has 0 saturated carbocycles. The second-order valence-corrected chi connectivity index (χ2v) is 3.93. The molecule has 2 rings (SSSR count). The van der Waals surface area contributed by atoms with Gasteiger partial charge >= 0.3 is 0 Å². The van der Waals surface area contributed by atoms with Crippen molar-refractivity contribution >= 4 is 23.1 Å². The molecule has 0 bridgehead atoms. The van der Waals surface area contributed by atoms with Crippen molar-refractivity contribution in [3.8, 4) is 0 Å². The highest BCUT2D eigenvalue weighted by atomic mass is 16.6. The maximum atomic E-state index is 12.1. The Balaban J connectivity index is 2.35. The normalized spacial score (nSPS) is 10.1. The lowest BCUT2D eigenvalue weighted by Crippen LogP contribution is -2.18. The molecule has 1 heterocycles. The van der Waals surface area contributed by atoms with Gasteiger partial charge in [-0.1, -0.05) is 0 Å². The Morgan fingerprint density at radius 3 is 2.75 bits per heavy atom. The number of nitrogens with one attached hydrogen (secondary N) is 2. The minimum Gasteiger partial charge on any atom is -0.323 e. The first kappa shape index (κ1) is 13.5. The molecule has 0 atom stereocenters. The van der Waals surface area contributed by atoms with Crippen molar-refractivity contribution < 1.29 is 9.72 Å². The third-order valence-electron chi connectivity index (χ3n) is 2.68. The highest BCUT2D eigenvalue weighted by Gasteiger charge is 2.17. The molecule has 0 fully saturated rings. The molecule has 1 amide bonds. The zero-order chi connectivity index (χ0) is 14.7. The third-order valence-corrected chi connectivity index (χ3v) is 2.68. The third kappa shape index (κ3) is 2.57. The van der Waals surface area contributed by atoms with Gasteiger partial charge in [0.2, 0.25) is 0 Å². The van der Waals surface area contributed by atoms with Crippen molar-refractivity contribution in [3.05, 3.63) is 46.1 Å². The lowest BCUT2D eigenvalue weighted by atomic mass is 10.1. The summed E-state index contributed by atoms with van der Waals surface area (Å²) in [6, 6.07) is 5.39. The van der Waals surface area contributed by atoms with E-state index in [9.17, 15) is 14.9 Å². The predicted octanol–water partition coefficient (Wildman–Crippen LogP) is 0.866. The summed E-state index contributed by atoms with van der Waals surface area (Å²) in [5.41, 5.74) is 2.50. The number of nitro groups is 1. The smallest absolute Gasteiger partial charge is 0.270 e. The highest BCUT2D eigenvalue weighted by molar-refractivity contribution is 6.08. The summed E-state index contributed by atoms with van der Waals surface area (Å²) in [4.78, 5) is 22.3. The van der Waals surface area contributed by atoms with Gasteiger partial charge in [0, 0.05) is 25.2 Å². The molecule has 9 heteroatoms. The van der Waals surface area contributed by atoms with E-state index in [0.29, 0.717) is 5.82 Å². The number of anilines is 2. The molecule has 0 aliphatic carbocycles. The fourth-order valence-electron chi connectivity index (χ4n) is 1.64. The number of aromatic nitrogens is 2. The van der Waals surface area contributed by atoms with Crippen molar-refractivity contribution in [3.63, 3.8) is 0 Å². The van der Waals surface area contributed by atoms with E-state index in [1.807, 2.05) is 0 Å². The van der Waals surface area contributed by atoms with Crippen LogP contribution in [0.5, 0.6) is 0 Å². The number of nitrogen functional groups attached to an aromatic ring is 1. The van der Waals surface area contributed by atoms with Crippen LogP contribution in [-0.2, 0) is 7.05 Å². The van der Waals surface area contributed by atoms with Crippen molar-refractivity contribution in [2.24, 2.45) is 12.9 Å². The molecule has 0 radical (unpaired) electrons. The summed E-state index contributed by atoms with van der Waals surface area (Å²) < 4.78 is 1.46. The van der Waals surface area contributed by atoms with Crippen LogP contribution in [0.25, 0.3) is 0 Å². The van der Waals surface area contributed by atoms with E-state index >= 15 is 0 Å². The van der Waals surface area contributed by atoms with Crippen LogP contribution in [0.2, 0.25) is 0 Å². The number of nitrogens with zero attached hydrogens (tertiary/aromatic N) is 3. The van der Waals surface area contributed by atoms with E-state index in [0.717, 1.165) is 6.07 Å². The Hall–Kier alpha value is -2.94. The van der Waals surface area contributed by atoms with Gasteiger partial charge in [0.05, 0.1) is 22.4 Å². The lowest BCUT2D eigenvalue weighted by Gasteiger charge is -2.09. The van der Waals surface area contributed by atoms with E-state index in [2.05, 4.69) is 15.8 Å². The molecule has 0 aliphatic heterocycles. The summed E-state index contributed by atoms with van der Waals surface area (Å²) in [7, 11) is 1.66. The summed E-state index contributed by atoms with van der Waals surface area (Å²) in [5.74, 6) is 5.24. The second-order valence-electron chi connectivity index (χ2n) is 3.93. The van der Waals surface area contributed by atoms with Crippen molar-refractivity contribution in [2.45, 2.75) is 0 Å². The van der Waals surface area contributed by atoms with Crippen LogP contribution in [0, 0.1) is 10.1 Å². The average molecular weight is 276 g/mol. The van der Waals surface area contributed by atoms with Crippen LogP contribution in [-0.4, -0.2) is 20.6 Å². The van der Waals surface area contributed by atoms with E-state index < -0.39 is 10.8 Å². The van der Waals surface area contributed by atoms with Gasteiger partial charge in [0.25, 0.3) is 11.6 Å². The number of rotatable bonds is 4. The largest absolute Gasteiger partial charge is 0.323 e. The van der Waals surface area contributed by atoms with Crippen LogP contribution >= 0.6 is 0 Å². The first-order chi connectivity index (χ1) is 9.52. The van der Waals surface area contributed by atoms with Gasteiger partial charge < -0.3 is 10.7 Å². The van der Waals surface area contributed by atoms with Gasteiger partial charge in [-0.25, -0.2) is 0 Å². The van der Waals surface area contributed by atoms with E-state index in [-0.39, 0.29) is 16.9 Å². The number of nitrogens with two attached hydrogens (primary N) is 1. The summed E-state index contributed by atoms with van der Waals surface area (Å²) >= 11 is 0. The molecule has 0 aliphatic rings. The Morgan fingerprint density at radius 2 is 2.20 bits per heavy atom. The molecule has 1 aromatic heterocycles. The van der Waals surface area contributed by atoms with Crippen LogP contribution in [0.3, 0.4) is 0 Å². The lowest BCUT2D eigenvalue weighted by molar-refractivity contribution is -0.384. The quantitative estimate of drug-likeness (QED) is 0.431. The van der Waals surface area contributed by atoms with Gasteiger partial charge in [0.1, 0.15) is 5.82 Å². The fourth-order valence-corrected chi connectivity index (χ4v) is 1.64. The zero-order valence-electron chi connectivity index (χ0n) is 10.5. The van der Waals surface area contributed by atoms with Crippen LogP contribution in [0.4, 0.5) is 17.2 Å². The molecule has 0 saturated heterocycles. The monoisotopic (exact) mass is 276 g/mol. The number of hydrogen-bond donors (Lipinski definition) is 3. The number of hydrazine groups is 1. The Morgan fingerprint density at radius 1 is 1.45 bits per heavy atom. The second kappa shape index (κ2) is 5.36. The molecule has 1 aromatic carbocycles. The maximum absolute atomic E-state index is 12.1. The maximum Gasteiger partial charge on any atom is 0.270 e. The number of non-ortho nitro benzene ring substituents is 1. The van der Waals surface area contributed by atoms with Gasteiger partial charge in [-0.05, 0) is 6.07 Å². The molecule has 2 aromatic rings. The SMILES string of the molecule is Cn1nccc1NC(=O)c1cc([N+](=O)[O-])ccc1NN. The minimum atomic E-state index is -0.582. The number of aryl methyl sites for hydroxylation is 1. The number of amides is 1. The Kier molecular flexibility index (Phi) is 3.62. The van der Waals surface area contributed by atoms with Crippen molar-refractivity contribution in [1.29, 1.82) is 0 Å². The zero-order valence-corrected chi connectivity index (χ0v) is 10.5. The molecule has 9 nitrogen and oxygen atoms in total. The van der Waals surface area contributed by atoms with Crippen LogP contribution in [0.15, 0.2) is 30.5 Å². The first-order valence-electron chi connectivity index (χ1n) is 5.57. The van der Waals surface area contributed by atoms with E-state index in [1.165, 1.54) is 23.0 Å². The number of hydrogen-bond acceptors (Lipinski definition) is 6. The van der Waals surface area contributed by atoms with Gasteiger partial charge in [0.15, 0.2) is 0 Å². The van der Waals surface area contributed by atoms with Crippen molar-refractivity contribution in [2.75, 3.05) is 10.7 Å².